The first-order valence-corrected chi connectivity index (χ1v) is 5.40. The molecule has 0 aliphatic rings. The van der Waals surface area contributed by atoms with Gasteiger partial charge < -0.3 is 4.74 Å². The van der Waals surface area contributed by atoms with Crippen molar-refractivity contribution in [2.45, 2.75) is 6.92 Å². The predicted molar refractivity (Wildman–Crippen MR) is 69.3 cm³/mol. The van der Waals surface area contributed by atoms with Gasteiger partial charge in [-0.05, 0) is 25.0 Å². The summed E-state index contributed by atoms with van der Waals surface area (Å²) in [4.78, 5) is 0. The predicted octanol–water partition coefficient (Wildman–Crippen LogP) is 2.49. The minimum atomic E-state index is 0.784. The van der Waals surface area contributed by atoms with Crippen LogP contribution < -0.4 is 9.22 Å². The van der Waals surface area contributed by atoms with Gasteiger partial charge in [0.1, 0.15) is 18.0 Å². The molecular formula is C14H19NO+. The summed E-state index contributed by atoms with van der Waals surface area (Å²) in [5.41, 5.74) is 1.24. The van der Waals surface area contributed by atoms with Gasteiger partial charge in [-0.3, -0.25) is 4.48 Å². The van der Waals surface area contributed by atoms with Crippen LogP contribution in [-0.4, -0.2) is 27.2 Å². The van der Waals surface area contributed by atoms with Crippen molar-refractivity contribution in [3.05, 3.63) is 31.2 Å². The maximum absolute atomic E-state index is 5.15. The fourth-order valence-corrected chi connectivity index (χ4v) is 1.56. The second-order valence-corrected chi connectivity index (χ2v) is 3.92. The second kappa shape index (κ2) is 5.58. The molecule has 0 aliphatic carbocycles. The Hall–Kier alpha value is -1.46. The van der Waals surface area contributed by atoms with Crippen LogP contribution >= 0.6 is 0 Å². The zero-order valence-electron chi connectivity index (χ0n) is 10.3. The first-order chi connectivity index (χ1) is 7.66. The van der Waals surface area contributed by atoms with Gasteiger partial charge in [-0.25, -0.2) is 0 Å². The Morgan fingerprint density at radius 1 is 1.31 bits per heavy atom. The molecule has 2 nitrogen and oxygen atoms in total. The standard InChI is InChI=1S/C14H19NO/c1-5-7-12-15(3,6-2)13-8-10-14(16-4)11-9-13/h8-11H,1,6,12H2,2-4H3/q+1. The van der Waals surface area contributed by atoms with Gasteiger partial charge in [0.15, 0.2) is 0 Å². The number of benzene rings is 1. The Bertz CT molecular complexity index is 385. The largest absolute Gasteiger partial charge is 0.497 e. The monoisotopic (exact) mass is 217 g/mol. The van der Waals surface area contributed by atoms with Crippen molar-refractivity contribution in [2.75, 3.05) is 27.2 Å². The summed E-state index contributed by atoms with van der Waals surface area (Å²) < 4.78 is 5.95. The van der Waals surface area contributed by atoms with Crippen LogP contribution in [-0.2, 0) is 0 Å². The molecule has 0 fully saturated rings. The van der Waals surface area contributed by atoms with Gasteiger partial charge in [0, 0.05) is 19.1 Å². The molecule has 0 saturated carbocycles. The SMILES string of the molecule is [CH2]C#CC[N+](C)(CC)c1ccc(OC)cc1. The Morgan fingerprint density at radius 2 is 1.94 bits per heavy atom. The molecule has 1 aromatic rings. The van der Waals surface area contributed by atoms with Crippen molar-refractivity contribution in [3.8, 4) is 17.6 Å². The third kappa shape index (κ3) is 2.77. The lowest BCUT2D eigenvalue weighted by Crippen LogP contribution is -2.45. The van der Waals surface area contributed by atoms with E-state index in [1.165, 1.54) is 5.69 Å². The van der Waals surface area contributed by atoms with E-state index < -0.39 is 0 Å². The third-order valence-electron chi connectivity index (χ3n) is 2.95. The van der Waals surface area contributed by atoms with Gasteiger partial charge >= 0.3 is 0 Å². The van der Waals surface area contributed by atoms with Crippen molar-refractivity contribution in [1.82, 2.24) is 4.48 Å². The summed E-state index contributed by atoms with van der Waals surface area (Å²) in [7, 11) is 3.85. The molecule has 0 bridgehead atoms. The lowest BCUT2D eigenvalue weighted by atomic mass is 10.2. The Morgan fingerprint density at radius 3 is 2.38 bits per heavy atom. The molecule has 1 atom stereocenters. The van der Waals surface area contributed by atoms with Crippen LogP contribution in [0.15, 0.2) is 24.3 Å². The van der Waals surface area contributed by atoms with Gasteiger partial charge in [-0.15, -0.1) is 0 Å². The Kier molecular flexibility index (Phi) is 4.39. The van der Waals surface area contributed by atoms with Crippen LogP contribution in [0.1, 0.15) is 6.92 Å². The van der Waals surface area contributed by atoms with Gasteiger partial charge in [0.2, 0.25) is 0 Å². The van der Waals surface area contributed by atoms with E-state index >= 15 is 0 Å². The molecular weight excluding hydrogens is 198 g/mol. The highest BCUT2D eigenvalue weighted by molar-refractivity contribution is 5.46. The van der Waals surface area contributed by atoms with Gasteiger partial charge in [0.05, 0.1) is 20.7 Å². The highest BCUT2D eigenvalue weighted by Crippen LogP contribution is 2.23. The van der Waals surface area contributed by atoms with E-state index in [1.807, 2.05) is 12.1 Å². The molecule has 0 N–H and O–H groups in total. The van der Waals surface area contributed by atoms with Crippen LogP contribution in [0, 0.1) is 18.8 Å². The summed E-state index contributed by atoms with van der Waals surface area (Å²) in [6, 6.07) is 8.15. The first-order valence-electron chi connectivity index (χ1n) is 5.40. The fraction of sp³-hybridized carbons (Fsp3) is 0.357. The highest BCUT2D eigenvalue weighted by Gasteiger charge is 2.21. The molecule has 0 saturated heterocycles. The summed E-state index contributed by atoms with van der Waals surface area (Å²) >= 11 is 0. The lowest BCUT2D eigenvalue weighted by Gasteiger charge is -2.30. The van der Waals surface area contributed by atoms with E-state index in [-0.39, 0.29) is 0 Å². The zero-order chi connectivity index (χ0) is 12.0. The smallest absolute Gasteiger partial charge is 0.145 e. The maximum atomic E-state index is 5.15. The molecule has 0 heterocycles. The quantitative estimate of drug-likeness (QED) is 0.556. The maximum Gasteiger partial charge on any atom is 0.145 e. The number of methoxy groups -OCH3 is 1. The highest BCUT2D eigenvalue weighted by atomic mass is 16.5. The van der Waals surface area contributed by atoms with E-state index in [2.05, 4.69) is 44.9 Å². The van der Waals surface area contributed by atoms with Crippen molar-refractivity contribution < 1.29 is 4.74 Å². The second-order valence-electron chi connectivity index (χ2n) is 3.92. The number of rotatable bonds is 4. The van der Waals surface area contributed by atoms with Crippen molar-refractivity contribution >= 4 is 5.69 Å². The number of hydrogen-bond acceptors (Lipinski definition) is 1. The molecule has 0 spiro atoms. The molecule has 0 aliphatic heterocycles. The van der Waals surface area contributed by atoms with Crippen LogP contribution in [0.2, 0.25) is 0 Å². The molecule has 1 rings (SSSR count). The number of ether oxygens (including phenoxy) is 1. The summed E-state index contributed by atoms with van der Waals surface area (Å²) in [5.74, 6) is 6.64. The van der Waals surface area contributed by atoms with E-state index in [0.717, 1.165) is 23.3 Å². The van der Waals surface area contributed by atoms with Crippen LogP contribution in [0.3, 0.4) is 0 Å². The molecule has 0 aromatic heterocycles. The molecule has 1 radical (unpaired) electrons. The zero-order valence-corrected chi connectivity index (χ0v) is 10.3. The molecule has 1 unspecified atom stereocenters. The topological polar surface area (TPSA) is 9.23 Å². The van der Waals surface area contributed by atoms with E-state index in [0.29, 0.717) is 0 Å². The number of nitrogens with zero attached hydrogens (tertiary/aromatic N) is 1. The van der Waals surface area contributed by atoms with E-state index in [1.54, 1.807) is 7.11 Å². The molecule has 0 amide bonds. The van der Waals surface area contributed by atoms with Crippen LogP contribution in [0.25, 0.3) is 0 Å². The lowest BCUT2D eigenvalue weighted by molar-refractivity contribution is 0.385. The van der Waals surface area contributed by atoms with E-state index in [4.69, 9.17) is 4.74 Å². The average molecular weight is 217 g/mol. The van der Waals surface area contributed by atoms with Crippen molar-refractivity contribution in [1.29, 1.82) is 0 Å². The first kappa shape index (κ1) is 12.6. The van der Waals surface area contributed by atoms with Crippen molar-refractivity contribution in [2.24, 2.45) is 0 Å². The molecule has 2 heteroatoms. The van der Waals surface area contributed by atoms with Crippen LogP contribution in [0.4, 0.5) is 5.69 Å². The number of quaternary nitrogens is 1. The molecule has 16 heavy (non-hydrogen) atoms. The molecule has 1 aromatic carbocycles. The van der Waals surface area contributed by atoms with Gasteiger partial charge in [-0.2, -0.15) is 0 Å². The van der Waals surface area contributed by atoms with E-state index in [9.17, 15) is 0 Å². The summed E-state index contributed by atoms with van der Waals surface area (Å²) in [6.45, 7) is 7.50. The Labute approximate surface area is 98.4 Å². The van der Waals surface area contributed by atoms with Gasteiger partial charge in [-0.1, -0.05) is 5.92 Å². The summed E-state index contributed by atoms with van der Waals surface area (Å²) in [5, 5.41) is 0. The minimum Gasteiger partial charge on any atom is -0.497 e. The number of hydrogen-bond donors (Lipinski definition) is 0. The minimum absolute atomic E-state index is 0.784. The molecule has 85 valence electrons. The van der Waals surface area contributed by atoms with Gasteiger partial charge in [0.25, 0.3) is 0 Å². The normalized spacial score (nSPS) is 13.5. The average Bonchev–Trinajstić information content (AvgIpc) is 2.36. The Balaban J connectivity index is 2.96. The summed E-state index contributed by atoms with van der Waals surface area (Å²) in [6.07, 6.45) is 0. The van der Waals surface area contributed by atoms with Crippen molar-refractivity contribution in [3.63, 3.8) is 0 Å². The third-order valence-corrected chi connectivity index (χ3v) is 2.95. The fourth-order valence-electron chi connectivity index (χ4n) is 1.56. The van der Waals surface area contributed by atoms with Crippen LogP contribution in [0.5, 0.6) is 5.75 Å².